The molecule has 2 aromatic carbocycles. The van der Waals surface area contributed by atoms with Crippen LogP contribution in [0.15, 0.2) is 48.5 Å². The summed E-state index contributed by atoms with van der Waals surface area (Å²) >= 11 is 0. The average molecular weight is 285 g/mol. The molecule has 0 saturated heterocycles. The fraction of sp³-hybridized carbons (Fsp3) is 0.294. The first-order chi connectivity index (χ1) is 9.88. The smallest absolute Gasteiger partial charge is 0.273 e. The second-order valence-electron chi connectivity index (χ2n) is 5.96. The number of nitro benzene ring substituents is 1. The number of benzene rings is 2. The van der Waals surface area contributed by atoms with Crippen molar-refractivity contribution in [3.63, 3.8) is 0 Å². The molecule has 4 heteroatoms. The lowest BCUT2D eigenvalue weighted by Crippen LogP contribution is -2.13. The van der Waals surface area contributed by atoms with Crippen molar-refractivity contribution in [2.75, 3.05) is 0 Å². The van der Waals surface area contributed by atoms with Crippen LogP contribution in [-0.4, -0.2) is 4.92 Å². The van der Waals surface area contributed by atoms with Gasteiger partial charge in [-0.25, -0.2) is 0 Å². The number of non-ortho nitro benzene ring substituents is 1. The minimum atomic E-state index is -0.401. The second-order valence-corrected chi connectivity index (χ2v) is 5.96. The lowest BCUT2D eigenvalue weighted by Gasteiger charge is -2.22. The van der Waals surface area contributed by atoms with Crippen molar-refractivity contribution in [2.45, 2.75) is 32.8 Å². The van der Waals surface area contributed by atoms with Crippen molar-refractivity contribution in [3.8, 4) is 5.75 Å². The van der Waals surface area contributed by atoms with Crippen LogP contribution in [0.25, 0.3) is 0 Å². The number of rotatable bonds is 4. The summed E-state index contributed by atoms with van der Waals surface area (Å²) in [5, 5.41) is 10.9. The fourth-order valence-corrected chi connectivity index (χ4v) is 2.10. The van der Waals surface area contributed by atoms with Crippen molar-refractivity contribution in [1.29, 1.82) is 0 Å². The van der Waals surface area contributed by atoms with E-state index >= 15 is 0 Å². The van der Waals surface area contributed by atoms with Crippen LogP contribution in [0.4, 0.5) is 5.69 Å². The highest BCUT2D eigenvalue weighted by Gasteiger charge is 2.21. The predicted octanol–water partition coefficient (Wildman–Crippen LogP) is 4.47. The van der Waals surface area contributed by atoms with Crippen molar-refractivity contribution < 1.29 is 9.66 Å². The van der Waals surface area contributed by atoms with Gasteiger partial charge in [0.2, 0.25) is 0 Å². The molecule has 110 valence electrons. The van der Waals surface area contributed by atoms with Crippen molar-refractivity contribution in [1.82, 2.24) is 0 Å². The van der Waals surface area contributed by atoms with Crippen LogP contribution in [0.3, 0.4) is 0 Å². The van der Waals surface area contributed by atoms with Crippen LogP contribution in [0, 0.1) is 10.1 Å². The Labute approximate surface area is 124 Å². The molecule has 4 nitrogen and oxygen atoms in total. The molecule has 0 atom stereocenters. The Morgan fingerprint density at radius 1 is 1.10 bits per heavy atom. The van der Waals surface area contributed by atoms with E-state index in [1.807, 2.05) is 30.3 Å². The first kappa shape index (κ1) is 15.0. The molecule has 0 radical (unpaired) electrons. The lowest BCUT2D eigenvalue weighted by atomic mass is 9.86. The van der Waals surface area contributed by atoms with E-state index < -0.39 is 4.92 Å². The van der Waals surface area contributed by atoms with Crippen molar-refractivity contribution in [2.24, 2.45) is 0 Å². The zero-order valence-corrected chi connectivity index (χ0v) is 12.5. The van der Waals surface area contributed by atoms with Gasteiger partial charge in [0.15, 0.2) is 0 Å². The van der Waals surface area contributed by atoms with E-state index in [2.05, 4.69) is 20.8 Å². The molecule has 0 fully saturated rings. The van der Waals surface area contributed by atoms with Gasteiger partial charge in [0, 0.05) is 11.6 Å². The first-order valence-corrected chi connectivity index (χ1v) is 6.83. The third kappa shape index (κ3) is 3.81. The standard InChI is InChI=1S/C17H19NO3/c1-17(2,3)15-10-9-14(18(19)20)11-16(15)21-12-13-7-5-4-6-8-13/h4-11H,12H2,1-3H3. The van der Waals surface area contributed by atoms with E-state index in [9.17, 15) is 10.1 Å². The zero-order chi connectivity index (χ0) is 15.5. The quantitative estimate of drug-likeness (QED) is 0.615. The Morgan fingerprint density at radius 3 is 2.33 bits per heavy atom. The third-order valence-corrected chi connectivity index (χ3v) is 3.22. The molecule has 0 saturated carbocycles. The van der Waals surface area contributed by atoms with E-state index in [1.165, 1.54) is 12.1 Å². The van der Waals surface area contributed by atoms with Crippen LogP contribution >= 0.6 is 0 Å². The molecular formula is C17H19NO3. The summed E-state index contributed by atoms with van der Waals surface area (Å²) in [6, 6.07) is 14.6. The molecule has 2 rings (SSSR count). The SMILES string of the molecule is CC(C)(C)c1ccc([N+](=O)[O-])cc1OCc1ccccc1. The largest absolute Gasteiger partial charge is 0.488 e. The maximum Gasteiger partial charge on any atom is 0.273 e. The second kappa shape index (κ2) is 5.95. The van der Waals surface area contributed by atoms with E-state index in [4.69, 9.17) is 4.74 Å². The van der Waals surface area contributed by atoms with Crippen molar-refractivity contribution in [3.05, 3.63) is 69.8 Å². The summed E-state index contributed by atoms with van der Waals surface area (Å²) in [6.45, 7) is 6.57. The summed E-state index contributed by atoms with van der Waals surface area (Å²) in [7, 11) is 0. The summed E-state index contributed by atoms with van der Waals surface area (Å²) < 4.78 is 5.84. The van der Waals surface area contributed by atoms with Crippen molar-refractivity contribution >= 4 is 5.69 Å². The molecule has 0 aliphatic carbocycles. The van der Waals surface area contributed by atoms with Gasteiger partial charge < -0.3 is 4.74 Å². The molecule has 0 unspecified atom stereocenters. The molecule has 0 heterocycles. The maximum absolute atomic E-state index is 10.9. The molecule has 2 aromatic rings. The van der Waals surface area contributed by atoms with Crippen LogP contribution in [0.2, 0.25) is 0 Å². The monoisotopic (exact) mass is 285 g/mol. The van der Waals surface area contributed by atoms with E-state index in [0.717, 1.165) is 11.1 Å². The Kier molecular flexibility index (Phi) is 4.26. The molecule has 0 aromatic heterocycles. The highest BCUT2D eigenvalue weighted by atomic mass is 16.6. The minimum absolute atomic E-state index is 0.0473. The molecule has 0 aliphatic heterocycles. The highest BCUT2D eigenvalue weighted by Crippen LogP contribution is 2.34. The van der Waals surface area contributed by atoms with Crippen LogP contribution in [0.5, 0.6) is 5.75 Å². The Balaban J connectivity index is 2.30. The van der Waals surface area contributed by atoms with Gasteiger partial charge in [-0.2, -0.15) is 0 Å². The van der Waals surface area contributed by atoms with Gasteiger partial charge in [-0.15, -0.1) is 0 Å². The fourth-order valence-electron chi connectivity index (χ4n) is 2.10. The van der Waals surface area contributed by atoms with Gasteiger partial charge in [-0.1, -0.05) is 51.1 Å². The van der Waals surface area contributed by atoms with Gasteiger partial charge in [-0.3, -0.25) is 10.1 Å². The minimum Gasteiger partial charge on any atom is -0.488 e. The number of nitrogens with zero attached hydrogens (tertiary/aromatic N) is 1. The highest BCUT2D eigenvalue weighted by molar-refractivity contribution is 5.47. The third-order valence-electron chi connectivity index (χ3n) is 3.22. The predicted molar refractivity (Wildman–Crippen MR) is 82.6 cm³/mol. The Hall–Kier alpha value is -2.36. The first-order valence-electron chi connectivity index (χ1n) is 6.83. The summed E-state index contributed by atoms with van der Waals surface area (Å²) in [5.74, 6) is 0.570. The zero-order valence-electron chi connectivity index (χ0n) is 12.5. The molecule has 0 aliphatic rings. The van der Waals surface area contributed by atoms with Crippen LogP contribution in [0.1, 0.15) is 31.9 Å². The number of hydrogen-bond acceptors (Lipinski definition) is 3. The van der Waals surface area contributed by atoms with Gasteiger partial charge in [-0.05, 0) is 17.0 Å². The Bertz CT molecular complexity index is 630. The van der Waals surface area contributed by atoms with Gasteiger partial charge in [0.25, 0.3) is 5.69 Å². The molecular weight excluding hydrogens is 266 g/mol. The van der Waals surface area contributed by atoms with Crippen LogP contribution < -0.4 is 4.74 Å². The average Bonchev–Trinajstić information content (AvgIpc) is 2.45. The number of hydrogen-bond donors (Lipinski definition) is 0. The van der Waals surface area contributed by atoms with Gasteiger partial charge in [0.05, 0.1) is 11.0 Å². The van der Waals surface area contributed by atoms with Crippen LogP contribution in [-0.2, 0) is 12.0 Å². The molecule has 0 spiro atoms. The van der Waals surface area contributed by atoms with E-state index in [-0.39, 0.29) is 11.1 Å². The molecule has 0 bridgehead atoms. The summed E-state index contributed by atoms with van der Waals surface area (Å²) in [6.07, 6.45) is 0. The lowest BCUT2D eigenvalue weighted by molar-refractivity contribution is -0.385. The van der Waals surface area contributed by atoms with E-state index in [0.29, 0.717) is 12.4 Å². The molecule has 21 heavy (non-hydrogen) atoms. The van der Waals surface area contributed by atoms with Gasteiger partial charge in [0.1, 0.15) is 12.4 Å². The topological polar surface area (TPSA) is 52.4 Å². The number of ether oxygens (including phenoxy) is 1. The maximum atomic E-state index is 10.9. The normalized spacial score (nSPS) is 11.2. The number of nitro groups is 1. The Morgan fingerprint density at radius 2 is 1.76 bits per heavy atom. The van der Waals surface area contributed by atoms with Gasteiger partial charge >= 0.3 is 0 Å². The summed E-state index contributed by atoms with van der Waals surface area (Å²) in [4.78, 5) is 10.5. The van der Waals surface area contributed by atoms with E-state index in [1.54, 1.807) is 6.07 Å². The molecule has 0 N–H and O–H groups in total. The molecule has 0 amide bonds. The summed E-state index contributed by atoms with van der Waals surface area (Å²) in [5.41, 5.74) is 1.90.